The lowest BCUT2D eigenvalue weighted by atomic mass is 10.1. The van der Waals surface area contributed by atoms with Crippen LogP contribution in [0.2, 0.25) is 0 Å². The Morgan fingerprint density at radius 2 is 2.33 bits per heavy atom. The standard InChI is InChI=1S/C9H12FNO/c1-12-8-4-2-3-7(5-8)9(11)6-10/h2-5,9H,6,11H2,1H3/t9-/m0/s1. The Kier molecular flexibility index (Phi) is 3.05. The Bertz CT molecular complexity index is 252. The van der Waals surface area contributed by atoms with E-state index in [1.807, 2.05) is 0 Å². The third-order valence-corrected chi connectivity index (χ3v) is 1.69. The maximum Gasteiger partial charge on any atom is 0.119 e. The van der Waals surface area contributed by atoms with Crippen LogP contribution >= 0.6 is 0 Å². The smallest absolute Gasteiger partial charge is 0.119 e. The summed E-state index contributed by atoms with van der Waals surface area (Å²) in [4.78, 5) is 0. The molecule has 0 bridgehead atoms. The lowest BCUT2D eigenvalue weighted by molar-refractivity contribution is 0.410. The van der Waals surface area contributed by atoms with Gasteiger partial charge in [-0.05, 0) is 17.7 Å². The number of methoxy groups -OCH3 is 1. The highest BCUT2D eigenvalue weighted by Crippen LogP contribution is 2.17. The van der Waals surface area contributed by atoms with Gasteiger partial charge in [-0.25, -0.2) is 4.39 Å². The van der Waals surface area contributed by atoms with Crippen molar-refractivity contribution in [2.24, 2.45) is 5.73 Å². The quantitative estimate of drug-likeness (QED) is 0.746. The predicted octanol–water partition coefficient (Wildman–Crippen LogP) is 1.66. The molecule has 0 unspecified atom stereocenters. The van der Waals surface area contributed by atoms with Crippen LogP contribution in [-0.4, -0.2) is 13.8 Å². The van der Waals surface area contributed by atoms with E-state index in [0.717, 1.165) is 5.56 Å². The highest BCUT2D eigenvalue weighted by molar-refractivity contribution is 5.30. The van der Waals surface area contributed by atoms with Crippen LogP contribution in [0, 0.1) is 0 Å². The summed E-state index contributed by atoms with van der Waals surface area (Å²) in [6.07, 6.45) is 0. The van der Waals surface area contributed by atoms with E-state index in [1.54, 1.807) is 31.4 Å². The molecule has 0 heterocycles. The monoisotopic (exact) mass is 169 g/mol. The zero-order valence-electron chi connectivity index (χ0n) is 6.96. The van der Waals surface area contributed by atoms with Gasteiger partial charge in [-0.2, -0.15) is 0 Å². The number of nitrogens with two attached hydrogens (primary N) is 1. The Hall–Kier alpha value is -1.09. The molecule has 66 valence electrons. The second-order valence-corrected chi connectivity index (χ2v) is 2.54. The van der Waals surface area contributed by atoms with Gasteiger partial charge in [0.1, 0.15) is 12.4 Å². The Balaban J connectivity index is 2.86. The summed E-state index contributed by atoms with van der Waals surface area (Å²) >= 11 is 0. The molecule has 1 aromatic rings. The molecule has 0 radical (unpaired) electrons. The summed E-state index contributed by atoms with van der Waals surface area (Å²) < 4.78 is 17.1. The lowest BCUT2D eigenvalue weighted by Gasteiger charge is -2.08. The van der Waals surface area contributed by atoms with Crippen LogP contribution < -0.4 is 10.5 Å². The van der Waals surface area contributed by atoms with E-state index >= 15 is 0 Å². The number of halogens is 1. The highest BCUT2D eigenvalue weighted by Gasteiger charge is 2.04. The van der Waals surface area contributed by atoms with Crippen molar-refractivity contribution in [3.05, 3.63) is 29.8 Å². The largest absolute Gasteiger partial charge is 0.497 e. The average molecular weight is 169 g/mol. The molecule has 2 nitrogen and oxygen atoms in total. The van der Waals surface area contributed by atoms with Gasteiger partial charge in [0.2, 0.25) is 0 Å². The number of alkyl halides is 1. The van der Waals surface area contributed by atoms with Gasteiger partial charge in [-0.15, -0.1) is 0 Å². The van der Waals surface area contributed by atoms with Gasteiger partial charge in [-0.3, -0.25) is 0 Å². The molecule has 0 aromatic heterocycles. The van der Waals surface area contributed by atoms with Crippen LogP contribution in [0.5, 0.6) is 5.75 Å². The topological polar surface area (TPSA) is 35.2 Å². The van der Waals surface area contributed by atoms with Crippen molar-refractivity contribution in [1.29, 1.82) is 0 Å². The maximum absolute atomic E-state index is 12.1. The number of hydrogen-bond acceptors (Lipinski definition) is 2. The Morgan fingerprint density at radius 3 is 2.92 bits per heavy atom. The van der Waals surface area contributed by atoms with Crippen molar-refractivity contribution >= 4 is 0 Å². The molecule has 0 aliphatic heterocycles. The molecule has 12 heavy (non-hydrogen) atoms. The zero-order valence-corrected chi connectivity index (χ0v) is 6.96. The van der Waals surface area contributed by atoms with Crippen molar-refractivity contribution < 1.29 is 9.13 Å². The maximum atomic E-state index is 12.1. The number of ether oxygens (including phenoxy) is 1. The third kappa shape index (κ3) is 1.95. The van der Waals surface area contributed by atoms with Crippen molar-refractivity contribution in [2.45, 2.75) is 6.04 Å². The van der Waals surface area contributed by atoms with E-state index in [0.29, 0.717) is 5.75 Å². The second-order valence-electron chi connectivity index (χ2n) is 2.54. The molecule has 2 N–H and O–H groups in total. The first kappa shape index (κ1) is 9.00. The SMILES string of the molecule is COc1cccc([C@@H](N)CF)c1. The average Bonchev–Trinajstić information content (AvgIpc) is 2.17. The first-order valence-corrected chi connectivity index (χ1v) is 3.73. The lowest BCUT2D eigenvalue weighted by Crippen LogP contribution is -2.11. The summed E-state index contributed by atoms with van der Waals surface area (Å²) in [5.41, 5.74) is 6.25. The van der Waals surface area contributed by atoms with Crippen LogP contribution in [0.1, 0.15) is 11.6 Å². The van der Waals surface area contributed by atoms with E-state index in [4.69, 9.17) is 10.5 Å². The van der Waals surface area contributed by atoms with Crippen molar-refractivity contribution in [3.8, 4) is 5.75 Å². The van der Waals surface area contributed by atoms with Crippen molar-refractivity contribution in [2.75, 3.05) is 13.8 Å². The molecule has 0 aliphatic rings. The minimum atomic E-state index is -0.548. The molecule has 1 aromatic carbocycles. The van der Waals surface area contributed by atoms with Gasteiger partial charge in [0, 0.05) is 0 Å². The van der Waals surface area contributed by atoms with E-state index in [1.165, 1.54) is 0 Å². The number of benzene rings is 1. The summed E-state index contributed by atoms with van der Waals surface area (Å²) in [7, 11) is 1.57. The van der Waals surface area contributed by atoms with Crippen molar-refractivity contribution in [3.63, 3.8) is 0 Å². The van der Waals surface area contributed by atoms with E-state index < -0.39 is 12.7 Å². The summed E-state index contributed by atoms with van der Waals surface area (Å²) in [5, 5.41) is 0. The first-order chi connectivity index (χ1) is 5.77. The highest BCUT2D eigenvalue weighted by atomic mass is 19.1. The first-order valence-electron chi connectivity index (χ1n) is 3.73. The van der Waals surface area contributed by atoms with Crippen LogP contribution in [0.15, 0.2) is 24.3 Å². The summed E-state index contributed by atoms with van der Waals surface area (Å²) in [6, 6.07) is 6.58. The summed E-state index contributed by atoms with van der Waals surface area (Å²) in [6.45, 7) is -0.548. The van der Waals surface area contributed by atoms with E-state index in [-0.39, 0.29) is 0 Å². The Labute approximate surface area is 71.1 Å². The number of hydrogen-bond donors (Lipinski definition) is 1. The minimum absolute atomic E-state index is 0.542. The fraction of sp³-hybridized carbons (Fsp3) is 0.333. The van der Waals surface area contributed by atoms with E-state index in [2.05, 4.69) is 0 Å². The normalized spacial score (nSPS) is 12.6. The Morgan fingerprint density at radius 1 is 1.58 bits per heavy atom. The number of rotatable bonds is 3. The molecule has 0 fully saturated rings. The second kappa shape index (κ2) is 4.07. The minimum Gasteiger partial charge on any atom is -0.497 e. The molecule has 3 heteroatoms. The third-order valence-electron chi connectivity index (χ3n) is 1.69. The molecule has 1 rings (SSSR count). The summed E-state index contributed by atoms with van der Waals surface area (Å²) in [5.74, 6) is 0.705. The van der Waals surface area contributed by atoms with Crippen LogP contribution in [-0.2, 0) is 0 Å². The molecular formula is C9H12FNO. The molecule has 0 aliphatic carbocycles. The van der Waals surface area contributed by atoms with Gasteiger partial charge in [0.25, 0.3) is 0 Å². The zero-order chi connectivity index (χ0) is 8.97. The molecule has 0 saturated heterocycles. The van der Waals surface area contributed by atoms with Crippen LogP contribution in [0.3, 0.4) is 0 Å². The molecule has 0 saturated carbocycles. The van der Waals surface area contributed by atoms with E-state index in [9.17, 15) is 4.39 Å². The van der Waals surface area contributed by atoms with Crippen molar-refractivity contribution in [1.82, 2.24) is 0 Å². The fourth-order valence-electron chi connectivity index (χ4n) is 0.961. The fourth-order valence-corrected chi connectivity index (χ4v) is 0.961. The molecule has 0 spiro atoms. The van der Waals surface area contributed by atoms with Gasteiger partial charge < -0.3 is 10.5 Å². The van der Waals surface area contributed by atoms with Gasteiger partial charge in [0.15, 0.2) is 0 Å². The van der Waals surface area contributed by atoms with Crippen LogP contribution in [0.25, 0.3) is 0 Å². The van der Waals surface area contributed by atoms with Gasteiger partial charge >= 0.3 is 0 Å². The van der Waals surface area contributed by atoms with Crippen LogP contribution in [0.4, 0.5) is 4.39 Å². The molecule has 0 amide bonds. The molecule has 1 atom stereocenters. The van der Waals surface area contributed by atoms with Gasteiger partial charge in [0.05, 0.1) is 13.2 Å². The van der Waals surface area contributed by atoms with Gasteiger partial charge in [-0.1, -0.05) is 12.1 Å². The predicted molar refractivity (Wildman–Crippen MR) is 45.9 cm³/mol. The molecular weight excluding hydrogens is 157 g/mol.